The number of halogens is 1. The molecular weight excluding hydrogens is 374 g/mol. The summed E-state index contributed by atoms with van der Waals surface area (Å²) in [4.78, 5) is 14.7. The number of carbonyl (C=O) groups excluding carboxylic acids is 1. The molecule has 1 saturated heterocycles. The maximum Gasteiger partial charge on any atom is 0.266 e. The number of benzene rings is 1. The van der Waals surface area contributed by atoms with Gasteiger partial charge in [0.05, 0.1) is 0 Å². The number of nitrogens with one attached hydrogen (secondary N) is 1. The van der Waals surface area contributed by atoms with E-state index in [0.29, 0.717) is 22.5 Å². The number of H-pyrrole nitrogens is 1. The Morgan fingerprint density at radius 2 is 2.00 bits per heavy atom. The number of aromatic nitrogens is 1. The van der Waals surface area contributed by atoms with Gasteiger partial charge in [-0.05, 0) is 36.5 Å². The number of sulfonamides is 1. The van der Waals surface area contributed by atoms with E-state index < -0.39 is 15.9 Å². The molecule has 0 bridgehead atoms. The summed E-state index contributed by atoms with van der Waals surface area (Å²) >= 11 is 6.08. The van der Waals surface area contributed by atoms with E-state index in [2.05, 4.69) is 4.98 Å². The summed E-state index contributed by atoms with van der Waals surface area (Å²) in [6.07, 6.45) is 2.56. The fourth-order valence-corrected chi connectivity index (χ4v) is 6.15. The summed E-state index contributed by atoms with van der Waals surface area (Å²) in [6.45, 7) is 6.53. The van der Waals surface area contributed by atoms with Crippen LogP contribution in [0.25, 0.3) is 10.9 Å². The molecule has 26 heavy (non-hydrogen) atoms. The van der Waals surface area contributed by atoms with Crippen LogP contribution in [0, 0.1) is 5.41 Å². The predicted octanol–water partition coefficient (Wildman–Crippen LogP) is 3.51. The normalized spacial score (nSPS) is 19.8. The topological polar surface area (TPSA) is 96.3 Å². The van der Waals surface area contributed by atoms with Crippen molar-refractivity contribution in [1.82, 2.24) is 9.29 Å². The SMILES string of the molecule is CC(C)(C)C1CCCCN1S(=O)(=O)c1c(C(N)=O)[nH]c2ccc(Cl)cc12. The minimum atomic E-state index is -3.93. The fourth-order valence-electron chi connectivity index (χ4n) is 3.76. The van der Waals surface area contributed by atoms with E-state index in [4.69, 9.17) is 17.3 Å². The first kappa shape index (κ1) is 19.2. The zero-order valence-electron chi connectivity index (χ0n) is 15.2. The second-order valence-corrected chi connectivity index (χ2v) is 10.1. The van der Waals surface area contributed by atoms with Crippen LogP contribution in [0.3, 0.4) is 0 Å². The van der Waals surface area contributed by atoms with Crippen molar-refractivity contribution < 1.29 is 13.2 Å². The Balaban J connectivity index is 2.25. The van der Waals surface area contributed by atoms with Crippen LogP contribution >= 0.6 is 11.6 Å². The number of aromatic amines is 1. The molecule has 1 aromatic carbocycles. The van der Waals surface area contributed by atoms with E-state index in [0.717, 1.165) is 19.3 Å². The third-order valence-electron chi connectivity index (χ3n) is 4.98. The molecule has 2 aromatic rings. The molecule has 1 aromatic heterocycles. The van der Waals surface area contributed by atoms with E-state index in [1.54, 1.807) is 18.2 Å². The Hall–Kier alpha value is -1.57. The molecule has 3 N–H and O–H groups in total. The van der Waals surface area contributed by atoms with Crippen LogP contribution in [0.1, 0.15) is 50.5 Å². The molecule has 0 radical (unpaired) electrons. The number of primary amides is 1. The zero-order chi connectivity index (χ0) is 19.3. The smallest absolute Gasteiger partial charge is 0.266 e. The Kier molecular flexibility index (Phi) is 4.83. The Morgan fingerprint density at radius 3 is 2.62 bits per heavy atom. The molecular formula is C18H24ClN3O3S. The Labute approximate surface area is 158 Å². The van der Waals surface area contributed by atoms with Crippen molar-refractivity contribution in [2.45, 2.75) is 51.0 Å². The summed E-state index contributed by atoms with van der Waals surface area (Å²) in [5.74, 6) is -0.805. The Bertz CT molecular complexity index is 960. The molecule has 0 spiro atoms. The summed E-state index contributed by atoms with van der Waals surface area (Å²) in [5, 5.41) is 0.791. The van der Waals surface area contributed by atoms with Crippen molar-refractivity contribution in [2.24, 2.45) is 11.1 Å². The lowest BCUT2D eigenvalue weighted by Gasteiger charge is -2.42. The van der Waals surface area contributed by atoms with Gasteiger partial charge in [-0.1, -0.05) is 38.8 Å². The molecule has 6 nitrogen and oxygen atoms in total. The molecule has 0 saturated carbocycles. The van der Waals surface area contributed by atoms with Gasteiger partial charge in [0.25, 0.3) is 5.91 Å². The molecule has 1 atom stereocenters. The van der Waals surface area contributed by atoms with Crippen molar-refractivity contribution in [2.75, 3.05) is 6.54 Å². The van der Waals surface area contributed by atoms with Crippen molar-refractivity contribution in [3.8, 4) is 0 Å². The molecule has 1 aliphatic rings. The summed E-state index contributed by atoms with van der Waals surface area (Å²) in [7, 11) is -3.93. The summed E-state index contributed by atoms with van der Waals surface area (Å²) in [6, 6.07) is 4.70. The van der Waals surface area contributed by atoms with Crippen molar-refractivity contribution >= 4 is 38.4 Å². The maximum absolute atomic E-state index is 13.6. The molecule has 1 aliphatic heterocycles. The number of carbonyl (C=O) groups is 1. The first-order valence-electron chi connectivity index (χ1n) is 8.66. The molecule has 1 fully saturated rings. The number of hydrogen-bond acceptors (Lipinski definition) is 3. The molecule has 142 valence electrons. The predicted molar refractivity (Wildman–Crippen MR) is 103 cm³/mol. The van der Waals surface area contributed by atoms with Crippen LogP contribution in [-0.2, 0) is 10.0 Å². The van der Waals surface area contributed by atoms with Gasteiger partial charge in [-0.3, -0.25) is 4.79 Å². The quantitative estimate of drug-likeness (QED) is 0.829. The number of rotatable bonds is 3. The molecule has 8 heteroatoms. The standard InChI is InChI=1S/C18H24ClN3O3S/c1-18(2,3)14-6-4-5-9-22(14)26(24,25)16-12-10-11(19)7-8-13(12)21-15(16)17(20)23/h7-8,10,14,21H,4-6,9H2,1-3H3,(H2,20,23). The first-order chi connectivity index (χ1) is 12.0. The highest BCUT2D eigenvalue weighted by Gasteiger charge is 2.42. The van der Waals surface area contributed by atoms with Gasteiger partial charge in [0, 0.05) is 28.5 Å². The lowest BCUT2D eigenvalue weighted by Crippen LogP contribution is -2.50. The molecule has 1 unspecified atom stereocenters. The van der Waals surface area contributed by atoms with Crippen molar-refractivity contribution in [1.29, 1.82) is 0 Å². The van der Waals surface area contributed by atoms with Gasteiger partial charge in [0.2, 0.25) is 10.0 Å². The Morgan fingerprint density at radius 1 is 1.31 bits per heavy atom. The third-order valence-corrected chi connectivity index (χ3v) is 7.21. The molecule has 0 aliphatic carbocycles. The van der Waals surface area contributed by atoms with Gasteiger partial charge in [-0.25, -0.2) is 8.42 Å². The second kappa shape index (κ2) is 6.55. The minimum absolute atomic E-state index is 0.0707. The van der Waals surface area contributed by atoms with E-state index in [1.165, 1.54) is 4.31 Å². The van der Waals surface area contributed by atoms with Crippen LogP contribution < -0.4 is 5.73 Å². The van der Waals surface area contributed by atoms with E-state index >= 15 is 0 Å². The third kappa shape index (κ3) is 3.23. The lowest BCUT2D eigenvalue weighted by atomic mass is 9.82. The average molecular weight is 398 g/mol. The highest BCUT2D eigenvalue weighted by molar-refractivity contribution is 7.89. The largest absolute Gasteiger partial charge is 0.364 e. The monoisotopic (exact) mass is 397 g/mol. The molecule has 1 amide bonds. The van der Waals surface area contributed by atoms with Crippen LogP contribution in [0.2, 0.25) is 5.02 Å². The van der Waals surface area contributed by atoms with E-state index in [-0.39, 0.29) is 22.0 Å². The van der Waals surface area contributed by atoms with Crippen LogP contribution in [0.15, 0.2) is 23.1 Å². The van der Waals surface area contributed by atoms with Gasteiger partial charge in [0.1, 0.15) is 10.6 Å². The second-order valence-electron chi connectivity index (χ2n) is 7.88. The minimum Gasteiger partial charge on any atom is -0.364 e. The highest BCUT2D eigenvalue weighted by atomic mass is 35.5. The van der Waals surface area contributed by atoms with Crippen molar-refractivity contribution in [3.05, 3.63) is 28.9 Å². The maximum atomic E-state index is 13.6. The summed E-state index contributed by atoms with van der Waals surface area (Å²) in [5.41, 5.74) is 5.68. The van der Waals surface area contributed by atoms with Gasteiger partial charge in [0.15, 0.2) is 0 Å². The first-order valence-corrected chi connectivity index (χ1v) is 10.5. The number of piperidine rings is 1. The molecule has 3 rings (SSSR count). The molecule has 2 heterocycles. The number of hydrogen-bond donors (Lipinski definition) is 2. The van der Waals surface area contributed by atoms with Gasteiger partial charge in [-0.2, -0.15) is 4.31 Å². The number of fused-ring (bicyclic) bond motifs is 1. The average Bonchev–Trinajstić information content (AvgIpc) is 2.93. The van der Waals surface area contributed by atoms with E-state index in [9.17, 15) is 13.2 Å². The van der Waals surface area contributed by atoms with Crippen LogP contribution in [0.5, 0.6) is 0 Å². The van der Waals surface area contributed by atoms with Gasteiger partial charge in [-0.15, -0.1) is 0 Å². The van der Waals surface area contributed by atoms with E-state index in [1.807, 2.05) is 20.8 Å². The van der Waals surface area contributed by atoms with Gasteiger partial charge >= 0.3 is 0 Å². The fraction of sp³-hybridized carbons (Fsp3) is 0.500. The van der Waals surface area contributed by atoms with Gasteiger partial charge < -0.3 is 10.7 Å². The number of nitrogens with zero attached hydrogens (tertiary/aromatic N) is 1. The van der Waals surface area contributed by atoms with Crippen LogP contribution in [0.4, 0.5) is 0 Å². The lowest BCUT2D eigenvalue weighted by molar-refractivity contribution is 0.0992. The zero-order valence-corrected chi connectivity index (χ0v) is 16.7. The number of amides is 1. The number of nitrogens with two attached hydrogens (primary N) is 1. The van der Waals surface area contributed by atoms with Crippen LogP contribution in [-0.4, -0.2) is 36.2 Å². The highest BCUT2D eigenvalue weighted by Crippen LogP contribution is 2.38. The van der Waals surface area contributed by atoms with Crippen molar-refractivity contribution in [3.63, 3.8) is 0 Å². The summed E-state index contributed by atoms with van der Waals surface area (Å²) < 4.78 is 28.8.